The van der Waals surface area contributed by atoms with E-state index >= 15 is 0 Å². The van der Waals surface area contributed by atoms with E-state index in [1.165, 1.54) is 25.2 Å². The molecule has 0 unspecified atom stereocenters. The summed E-state index contributed by atoms with van der Waals surface area (Å²) < 4.78 is 7.51. The molecule has 3 atom stereocenters. The third-order valence-corrected chi connectivity index (χ3v) is 5.94. The molecule has 1 fully saturated rings. The summed E-state index contributed by atoms with van der Waals surface area (Å²) in [7, 11) is 1.47. The van der Waals surface area contributed by atoms with Gasteiger partial charge in [0.05, 0.1) is 18.1 Å². The maximum Gasteiger partial charge on any atom is 0.321 e. The summed E-state index contributed by atoms with van der Waals surface area (Å²) in [5.41, 5.74) is 0. The van der Waals surface area contributed by atoms with Gasteiger partial charge < -0.3 is 14.6 Å². The number of furan rings is 1. The number of piperidine rings is 1. The second-order valence-corrected chi connectivity index (χ2v) is 8.94. The number of carbonyl (C=O) groups excluding carboxylic acids is 2. The largest absolute Gasteiger partial charge is 0.467 e. The normalized spacial score (nSPS) is 20.3. The fourth-order valence-corrected chi connectivity index (χ4v) is 4.46. The molecule has 0 aliphatic carbocycles. The van der Waals surface area contributed by atoms with E-state index in [4.69, 9.17) is 4.42 Å². The molecule has 0 bridgehead atoms. The lowest BCUT2D eigenvalue weighted by molar-refractivity contribution is -0.119. The molecule has 2 aromatic heterocycles. The first kappa shape index (κ1) is 21.2. The van der Waals surface area contributed by atoms with Crippen LogP contribution in [0.4, 0.5) is 10.7 Å². The summed E-state index contributed by atoms with van der Waals surface area (Å²) in [5, 5.41) is 13.6. The van der Waals surface area contributed by atoms with Crippen molar-refractivity contribution in [1.29, 1.82) is 0 Å². The Bertz CT molecular complexity index is 827. The minimum Gasteiger partial charge on any atom is -0.467 e. The Morgan fingerprint density at radius 3 is 2.66 bits per heavy atom. The lowest BCUT2D eigenvalue weighted by Gasteiger charge is -2.35. The number of nitrogens with one attached hydrogen (secondary N) is 2. The predicted molar refractivity (Wildman–Crippen MR) is 111 cm³/mol. The summed E-state index contributed by atoms with van der Waals surface area (Å²) in [6.07, 6.45) is 2.83. The Balaban J connectivity index is 1.83. The minimum atomic E-state index is -0.531. The average molecular weight is 421 g/mol. The minimum absolute atomic E-state index is 0.385. The van der Waals surface area contributed by atoms with Gasteiger partial charge in [0.2, 0.25) is 11.9 Å². The fourth-order valence-electron chi connectivity index (χ4n) is 3.61. The van der Waals surface area contributed by atoms with E-state index in [0.29, 0.717) is 23.5 Å². The second-order valence-electron chi connectivity index (χ2n) is 7.63. The van der Waals surface area contributed by atoms with Gasteiger partial charge in [0.1, 0.15) is 5.76 Å². The molecule has 9 nitrogen and oxygen atoms in total. The number of urea groups is 1. The number of hydrogen-bond donors (Lipinski definition) is 2. The Labute approximate surface area is 174 Å². The topological polar surface area (TPSA) is 105 Å². The van der Waals surface area contributed by atoms with Crippen LogP contribution in [-0.4, -0.2) is 52.1 Å². The molecule has 10 heteroatoms. The van der Waals surface area contributed by atoms with Crippen molar-refractivity contribution >= 4 is 29.6 Å². The second kappa shape index (κ2) is 9.34. The van der Waals surface area contributed by atoms with Crippen molar-refractivity contribution in [1.82, 2.24) is 25.4 Å². The lowest BCUT2D eigenvalue weighted by Crippen LogP contribution is -2.41. The van der Waals surface area contributed by atoms with Gasteiger partial charge in [0.25, 0.3) is 0 Å². The van der Waals surface area contributed by atoms with Crippen LogP contribution in [0, 0.1) is 11.8 Å². The van der Waals surface area contributed by atoms with E-state index in [-0.39, 0.29) is 5.91 Å². The van der Waals surface area contributed by atoms with Gasteiger partial charge in [0.15, 0.2) is 5.16 Å². The van der Waals surface area contributed by atoms with Crippen LogP contribution in [0.25, 0.3) is 0 Å². The van der Waals surface area contributed by atoms with Gasteiger partial charge >= 0.3 is 6.03 Å². The van der Waals surface area contributed by atoms with Crippen LogP contribution in [-0.2, 0) is 11.3 Å². The number of thioether (sulfide) groups is 1. The number of nitrogens with zero attached hydrogens (tertiary/aromatic N) is 4. The fraction of sp³-hybridized carbons (Fsp3) is 0.579. The predicted octanol–water partition coefficient (Wildman–Crippen LogP) is 2.34. The van der Waals surface area contributed by atoms with Gasteiger partial charge in [-0.2, -0.15) is 0 Å². The van der Waals surface area contributed by atoms with E-state index in [2.05, 4.69) is 39.6 Å². The highest BCUT2D eigenvalue weighted by molar-refractivity contribution is 8.00. The van der Waals surface area contributed by atoms with Crippen LogP contribution in [0.15, 0.2) is 28.0 Å². The van der Waals surface area contributed by atoms with Crippen LogP contribution < -0.4 is 15.5 Å². The summed E-state index contributed by atoms with van der Waals surface area (Å²) in [5.74, 6) is 2.32. The van der Waals surface area contributed by atoms with Crippen LogP contribution in [0.1, 0.15) is 33.0 Å². The van der Waals surface area contributed by atoms with Gasteiger partial charge in [0, 0.05) is 20.1 Å². The molecule has 158 valence electrons. The monoisotopic (exact) mass is 420 g/mol. The number of carbonyl (C=O) groups is 2. The quantitative estimate of drug-likeness (QED) is 0.691. The SMILES string of the molecule is CNC(=O)NC(=O)[C@@H](C)Sc1nnc(N2C[C@H](C)C[C@H](C)C2)n1Cc1ccco1. The molecule has 0 aromatic carbocycles. The first-order valence-corrected chi connectivity index (χ1v) is 10.6. The van der Waals surface area contributed by atoms with Gasteiger partial charge in [-0.1, -0.05) is 25.6 Å². The number of hydrogen-bond acceptors (Lipinski definition) is 7. The molecule has 3 heterocycles. The van der Waals surface area contributed by atoms with Crippen molar-refractivity contribution in [3.05, 3.63) is 24.2 Å². The van der Waals surface area contributed by atoms with Crippen LogP contribution in [0.5, 0.6) is 0 Å². The van der Waals surface area contributed by atoms with Gasteiger partial charge in [-0.25, -0.2) is 4.79 Å². The smallest absolute Gasteiger partial charge is 0.321 e. The molecule has 1 aliphatic rings. The van der Waals surface area contributed by atoms with Crippen molar-refractivity contribution < 1.29 is 14.0 Å². The van der Waals surface area contributed by atoms with Crippen LogP contribution in [0.2, 0.25) is 0 Å². The Hall–Kier alpha value is -2.49. The molecule has 1 saturated heterocycles. The number of imide groups is 1. The highest BCUT2D eigenvalue weighted by Gasteiger charge is 2.28. The van der Waals surface area contributed by atoms with Crippen molar-refractivity contribution in [3.8, 4) is 0 Å². The maximum atomic E-state index is 12.3. The van der Waals surface area contributed by atoms with Crippen LogP contribution in [0.3, 0.4) is 0 Å². The Morgan fingerprint density at radius 2 is 2.03 bits per heavy atom. The van der Waals surface area contributed by atoms with Gasteiger partial charge in [-0.15, -0.1) is 10.2 Å². The molecule has 0 radical (unpaired) electrons. The van der Waals surface area contributed by atoms with E-state index in [0.717, 1.165) is 24.8 Å². The van der Waals surface area contributed by atoms with Gasteiger partial charge in [-0.05, 0) is 37.3 Å². The molecular weight excluding hydrogens is 392 g/mol. The van der Waals surface area contributed by atoms with E-state index in [9.17, 15) is 9.59 Å². The molecular formula is C19H28N6O3S. The van der Waals surface area contributed by atoms with Crippen molar-refractivity contribution in [2.45, 2.75) is 44.1 Å². The number of anilines is 1. The van der Waals surface area contributed by atoms with E-state index < -0.39 is 11.3 Å². The van der Waals surface area contributed by atoms with E-state index in [1.807, 2.05) is 16.7 Å². The molecule has 1 aliphatic heterocycles. The summed E-state index contributed by atoms with van der Waals surface area (Å²) in [6, 6.07) is 3.22. The number of aromatic nitrogens is 3. The zero-order chi connectivity index (χ0) is 21.0. The third-order valence-electron chi connectivity index (χ3n) is 4.86. The summed E-state index contributed by atoms with van der Waals surface area (Å²) >= 11 is 1.27. The van der Waals surface area contributed by atoms with Crippen molar-refractivity contribution in [2.75, 3.05) is 25.0 Å². The average Bonchev–Trinajstić information content (AvgIpc) is 3.31. The maximum absolute atomic E-state index is 12.3. The molecule has 0 saturated carbocycles. The number of rotatable bonds is 6. The van der Waals surface area contributed by atoms with Crippen molar-refractivity contribution in [3.63, 3.8) is 0 Å². The van der Waals surface area contributed by atoms with E-state index in [1.54, 1.807) is 13.2 Å². The molecule has 3 rings (SSSR count). The molecule has 0 spiro atoms. The lowest BCUT2D eigenvalue weighted by atomic mass is 9.92. The van der Waals surface area contributed by atoms with Crippen molar-refractivity contribution in [2.24, 2.45) is 11.8 Å². The standard InChI is InChI=1S/C19H28N6O3S/c1-12-8-13(2)10-24(9-12)18-22-23-19(25(18)11-15-6-5-7-28-15)29-14(3)16(26)21-17(27)20-4/h5-7,12-14H,8-11H2,1-4H3,(H2,20,21,26,27)/t12-,13+,14-/m1/s1. The third kappa shape index (κ3) is 5.31. The van der Waals surface area contributed by atoms with Crippen LogP contribution >= 0.6 is 11.8 Å². The zero-order valence-corrected chi connectivity index (χ0v) is 18.0. The first-order chi connectivity index (χ1) is 13.9. The Kier molecular flexibility index (Phi) is 6.83. The summed E-state index contributed by atoms with van der Waals surface area (Å²) in [6.45, 7) is 8.53. The molecule has 3 amide bonds. The number of amides is 3. The Morgan fingerprint density at radius 1 is 1.31 bits per heavy atom. The van der Waals surface area contributed by atoms with Gasteiger partial charge in [-0.3, -0.25) is 14.7 Å². The molecule has 29 heavy (non-hydrogen) atoms. The molecule has 2 N–H and O–H groups in total. The highest BCUT2D eigenvalue weighted by atomic mass is 32.2. The highest BCUT2D eigenvalue weighted by Crippen LogP contribution is 2.30. The zero-order valence-electron chi connectivity index (χ0n) is 17.2. The molecule has 2 aromatic rings. The first-order valence-electron chi connectivity index (χ1n) is 9.77. The summed E-state index contributed by atoms with van der Waals surface area (Å²) in [4.78, 5) is 25.9.